The summed E-state index contributed by atoms with van der Waals surface area (Å²) in [5.41, 5.74) is -1.29. The minimum Gasteiger partial charge on any atom is -0.479 e. The van der Waals surface area contributed by atoms with E-state index in [-0.39, 0.29) is 30.6 Å². The van der Waals surface area contributed by atoms with Crippen LogP contribution in [0.3, 0.4) is 0 Å². The van der Waals surface area contributed by atoms with Crippen LogP contribution in [-0.2, 0) is 14.3 Å². The van der Waals surface area contributed by atoms with Gasteiger partial charge in [-0.15, -0.1) is 0 Å². The molecule has 0 aromatic heterocycles. The number of Topliss-reactive ketones (excluding diaryl/α,β-unsaturated/α-hetero) is 1. The summed E-state index contributed by atoms with van der Waals surface area (Å²) in [5.74, 6) is -1.55. The van der Waals surface area contributed by atoms with Gasteiger partial charge in [0.05, 0.1) is 18.3 Å². The Labute approximate surface area is 181 Å². The van der Waals surface area contributed by atoms with E-state index in [1.54, 1.807) is 6.08 Å². The summed E-state index contributed by atoms with van der Waals surface area (Å²) >= 11 is 0. The van der Waals surface area contributed by atoms with Gasteiger partial charge >= 0.3 is 5.97 Å². The molecule has 0 amide bonds. The van der Waals surface area contributed by atoms with Gasteiger partial charge in [-0.1, -0.05) is 64.8 Å². The van der Waals surface area contributed by atoms with E-state index in [9.17, 15) is 24.9 Å². The molecule has 5 atom stereocenters. The molecule has 6 nitrogen and oxygen atoms in total. The number of unbranched alkanes of at least 4 members (excludes halogenated alkanes) is 1. The van der Waals surface area contributed by atoms with Crippen molar-refractivity contribution in [2.75, 3.05) is 6.61 Å². The largest absolute Gasteiger partial charge is 0.479 e. The summed E-state index contributed by atoms with van der Waals surface area (Å²) in [4.78, 5) is 23.6. The molecule has 1 aliphatic carbocycles. The lowest BCUT2D eigenvalue weighted by Crippen LogP contribution is -2.36. The van der Waals surface area contributed by atoms with Gasteiger partial charge in [-0.3, -0.25) is 4.79 Å². The van der Waals surface area contributed by atoms with E-state index in [0.29, 0.717) is 12.8 Å². The van der Waals surface area contributed by atoms with Gasteiger partial charge in [-0.05, 0) is 31.6 Å². The Kier molecular flexibility index (Phi) is 10.4. The van der Waals surface area contributed by atoms with E-state index in [1.165, 1.54) is 0 Å². The zero-order valence-corrected chi connectivity index (χ0v) is 19.1. The van der Waals surface area contributed by atoms with Crippen LogP contribution < -0.4 is 0 Å². The number of carboxylic acid groups (broad SMARTS) is 1. The van der Waals surface area contributed by atoms with Crippen molar-refractivity contribution >= 4 is 11.8 Å². The van der Waals surface area contributed by atoms with Gasteiger partial charge in [-0.25, -0.2) is 4.79 Å². The number of carbonyl (C=O) groups excluding carboxylic acids is 1. The topological polar surface area (TPSA) is 104 Å². The molecule has 172 valence electrons. The highest BCUT2D eigenvalue weighted by atomic mass is 16.5. The maximum absolute atomic E-state index is 12.3. The van der Waals surface area contributed by atoms with Crippen molar-refractivity contribution in [3.05, 3.63) is 24.3 Å². The highest BCUT2D eigenvalue weighted by molar-refractivity contribution is 5.84. The Morgan fingerprint density at radius 2 is 1.90 bits per heavy atom. The number of aliphatic hydroxyl groups excluding tert-OH is 1. The molecule has 1 saturated carbocycles. The summed E-state index contributed by atoms with van der Waals surface area (Å²) in [5, 5.41) is 30.0. The fraction of sp³-hybridized carbons (Fsp3) is 0.750. The van der Waals surface area contributed by atoms with E-state index in [4.69, 9.17) is 4.74 Å². The van der Waals surface area contributed by atoms with Gasteiger partial charge in [0.1, 0.15) is 5.78 Å². The molecular formula is C24H40O6. The molecule has 1 fully saturated rings. The maximum Gasteiger partial charge on any atom is 0.333 e. The average Bonchev–Trinajstić information content (AvgIpc) is 2.88. The molecule has 0 aromatic carbocycles. The minimum absolute atomic E-state index is 0.0264. The fourth-order valence-electron chi connectivity index (χ4n) is 3.82. The molecule has 1 aliphatic rings. The number of allylic oxidation sites excluding steroid dienone is 1. The van der Waals surface area contributed by atoms with E-state index < -0.39 is 29.2 Å². The molecule has 0 spiro atoms. The van der Waals surface area contributed by atoms with Gasteiger partial charge in [0, 0.05) is 18.3 Å². The van der Waals surface area contributed by atoms with Gasteiger partial charge in [0.25, 0.3) is 0 Å². The Morgan fingerprint density at radius 3 is 2.47 bits per heavy atom. The zero-order chi connectivity index (χ0) is 22.9. The first-order valence-electron chi connectivity index (χ1n) is 11.0. The number of carbonyl (C=O) groups is 2. The minimum atomic E-state index is -0.995. The molecule has 0 aliphatic heterocycles. The second kappa shape index (κ2) is 11.8. The van der Waals surface area contributed by atoms with Crippen LogP contribution in [0.2, 0.25) is 0 Å². The predicted molar refractivity (Wildman–Crippen MR) is 117 cm³/mol. The fourth-order valence-corrected chi connectivity index (χ4v) is 3.82. The second-order valence-corrected chi connectivity index (χ2v) is 9.78. The average molecular weight is 425 g/mol. The Hall–Kier alpha value is -1.50. The first-order chi connectivity index (χ1) is 13.9. The SMILES string of the molecule is CCCCC(C)(O)C/C=C/C1C(O)CC(=O)C1C/C=C\COC(C(=O)O)C(C)(C)C. The lowest BCUT2D eigenvalue weighted by Gasteiger charge is -2.26. The number of hydrogen-bond acceptors (Lipinski definition) is 5. The first kappa shape index (κ1) is 26.5. The molecule has 1 rings (SSSR count). The van der Waals surface area contributed by atoms with Crippen molar-refractivity contribution in [1.82, 2.24) is 0 Å². The predicted octanol–water partition coefficient (Wildman–Crippen LogP) is 3.90. The van der Waals surface area contributed by atoms with Gasteiger partial charge in [-0.2, -0.15) is 0 Å². The summed E-state index contributed by atoms with van der Waals surface area (Å²) in [7, 11) is 0. The van der Waals surface area contributed by atoms with E-state index in [2.05, 4.69) is 6.92 Å². The summed E-state index contributed by atoms with van der Waals surface area (Å²) in [6, 6.07) is 0. The van der Waals surface area contributed by atoms with Crippen LogP contribution in [0.4, 0.5) is 0 Å². The summed E-state index contributed by atoms with van der Waals surface area (Å²) in [6.45, 7) is 9.48. The Morgan fingerprint density at radius 1 is 1.23 bits per heavy atom. The van der Waals surface area contributed by atoms with Gasteiger partial charge in [0.15, 0.2) is 6.10 Å². The number of carboxylic acids is 1. The molecule has 0 aromatic rings. The number of aliphatic carboxylic acids is 1. The van der Waals surface area contributed by atoms with Gasteiger partial charge in [0.2, 0.25) is 0 Å². The van der Waals surface area contributed by atoms with Crippen molar-refractivity contribution in [1.29, 1.82) is 0 Å². The molecule has 30 heavy (non-hydrogen) atoms. The molecule has 5 unspecified atom stereocenters. The third-order valence-corrected chi connectivity index (χ3v) is 5.64. The maximum atomic E-state index is 12.3. The number of rotatable bonds is 12. The third kappa shape index (κ3) is 8.70. The van der Waals surface area contributed by atoms with Crippen LogP contribution in [0.25, 0.3) is 0 Å². The monoisotopic (exact) mass is 424 g/mol. The summed E-state index contributed by atoms with van der Waals surface area (Å²) in [6.07, 6.45) is 9.48. The molecular weight excluding hydrogens is 384 g/mol. The van der Waals surface area contributed by atoms with Gasteiger partial charge < -0.3 is 20.1 Å². The van der Waals surface area contributed by atoms with E-state index in [1.807, 2.05) is 45.9 Å². The lowest BCUT2D eigenvalue weighted by atomic mass is 9.89. The number of hydrogen-bond donors (Lipinski definition) is 3. The molecule has 6 heteroatoms. The molecule has 0 saturated heterocycles. The number of ketones is 1. The normalized spacial score (nSPS) is 25.8. The molecule has 0 radical (unpaired) electrons. The smallest absolute Gasteiger partial charge is 0.333 e. The van der Waals surface area contributed by atoms with Crippen molar-refractivity contribution in [2.45, 2.75) is 91.0 Å². The zero-order valence-electron chi connectivity index (χ0n) is 19.1. The van der Waals surface area contributed by atoms with Crippen LogP contribution in [0.15, 0.2) is 24.3 Å². The van der Waals surface area contributed by atoms with Crippen LogP contribution in [0.5, 0.6) is 0 Å². The third-order valence-electron chi connectivity index (χ3n) is 5.64. The Bertz CT molecular complexity index is 614. The molecule has 0 bridgehead atoms. The quantitative estimate of drug-likeness (QED) is 0.411. The first-order valence-corrected chi connectivity index (χ1v) is 11.0. The van der Waals surface area contributed by atoms with E-state index in [0.717, 1.165) is 19.3 Å². The van der Waals surface area contributed by atoms with Crippen LogP contribution in [0.1, 0.15) is 73.1 Å². The van der Waals surface area contributed by atoms with Crippen LogP contribution >= 0.6 is 0 Å². The molecule has 0 heterocycles. The number of ether oxygens (including phenoxy) is 1. The van der Waals surface area contributed by atoms with Crippen molar-refractivity contribution in [3.8, 4) is 0 Å². The van der Waals surface area contributed by atoms with Crippen LogP contribution in [0, 0.1) is 17.3 Å². The summed E-state index contributed by atoms with van der Waals surface area (Å²) < 4.78 is 5.48. The molecule has 3 N–H and O–H groups in total. The van der Waals surface area contributed by atoms with Crippen molar-refractivity contribution in [2.24, 2.45) is 17.3 Å². The number of aliphatic hydroxyl groups is 2. The Balaban J connectivity index is 2.62. The van der Waals surface area contributed by atoms with Crippen molar-refractivity contribution < 1.29 is 29.6 Å². The van der Waals surface area contributed by atoms with Crippen LogP contribution in [-0.4, -0.2) is 51.5 Å². The standard InChI is InChI=1S/C24H40O6/c1-6-7-13-24(5,29)14-10-12-18-17(19(25)16-20(18)26)11-8-9-15-30-21(22(27)28)23(2,3)4/h8-10,12,17-18,20-21,26,29H,6-7,11,13-16H2,1-5H3,(H,27,28)/b9-8-,12-10+. The van der Waals surface area contributed by atoms with Crippen molar-refractivity contribution in [3.63, 3.8) is 0 Å². The second-order valence-electron chi connectivity index (χ2n) is 9.78. The highest BCUT2D eigenvalue weighted by Crippen LogP contribution is 2.34. The lowest BCUT2D eigenvalue weighted by molar-refractivity contribution is -0.156. The highest BCUT2D eigenvalue weighted by Gasteiger charge is 2.39. The van der Waals surface area contributed by atoms with E-state index >= 15 is 0 Å².